The number of hydrogen-bond donors (Lipinski definition) is 1. The van der Waals surface area contributed by atoms with Gasteiger partial charge in [0.1, 0.15) is 0 Å². The Morgan fingerprint density at radius 2 is 1.96 bits per heavy atom. The molecule has 2 atom stereocenters. The Labute approximate surface area is 143 Å². The molecule has 3 rings (SSSR count). The van der Waals surface area contributed by atoms with Crippen LogP contribution in [-0.4, -0.2) is 18.2 Å². The molecular weight excluding hydrogens is 298 g/mol. The highest BCUT2D eigenvalue weighted by Crippen LogP contribution is 2.66. The lowest BCUT2D eigenvalue weighted by Crippen LogP contribution is -2.32. The van der Waals surface area contributed by atoms with Gasteiger partial charge in [0.2, 0.25) is 5.91 Å². The summed E-state index contributed by atoms with van der Waals surface area (Å²) < 4.78 is 0. The van der Waals surface area contributed by atoms with Crippen molar-refractivity contribution in [3.63, 3.8) is 0 Å². The molecule has 0 aromatic heterocycles. The van der Waals surface area contributed by atoms with Crippen molar-refractivity contribution in [3.05, 3.63) is 54.1 Å². The highest BCUT2D eigenvalue weighted by molar-refractivity contribution is 6.10. The lowest BCUT2D eigenvalue weighted by Gasteiger charge is -2.31. The van der Waals surface area contributed by atoms with Crippen LogP contribution in [0.15, 0.2) is 48.6 Å². The second-order valence-corrected chi connectivity index (χ2v) is 7.65. The van der Waals surface area contributed by atoms with Gasteiger partial charge >= 0.3 is 0 Å². The normalized spacial score (nSPS) is 29.5. The third-order valence-corrected chi connectivity index (χ3v) is 6.39. The van der Waals surface area contributed by atoms with Crippen LogP contribution in [0.25, 0.3) is 5.57 Å². The number of rotatable bonds is 4. The molecule has 1 aromatic rings. The molecule has 2 unspecified atom stereocenters. The molecule has 2 bridgehead atoms. The number of Topliss-reactive ketones (excluding diaryl/α,β-unsaturated/α-hetero) is 1. The van der Waals surface area contributed by atoms with Gasteiger partial charge in [-0.2, -0.15) is 0 Å². The summed E-state index contributed by atoms with van der Waals surface area (Å²) in [6.07, 6.45) is 3.26. The fourth-order valence-corrected chi connectivity index (χ4v) is 4.45. The highest BCUT2D eigenvalue weighted by Gasteiger charge is 2.64. The molecule has 2 aliphatic carbocycles. The van der Waals surface area contributed by atoms with Crippen molar-refractivity contribution < 1.29 is 9.59 Å². The van der Waals surface area contributed by atoms with Gasteiger partial charge in [-0.1, -0.05) is 57.7 Å². The molecule has 2 aliphatic rings. The summed E-state index contributed by atoms with van der Waals surface area (Å²) in [6, 6.07) is 9.92. The summed E-state index contributed by atoms with van der Waals surface area (Å²) in [7, 11) is 0. The fourth-order valence-electron chi connectivity index (χ4n) is 4.45. The predicted molar refractivity (Wildman–Crippen MR) is 96.2 cm³/mol. The SMILES string of the molecule is C=CC(=O)NCC(=C1C(=O)C2(C)CCC1C2(C)C)c1ccccc1. The molecule has 24 heavy (non-hydrogen) atoms. The third kappa shape index (κ3) is 2.26. The number of amides is 1. The maximum Gasteiger partial charge on any atom is 0.243 e. The third-order valence-electron chi connectivity index (χ3n) is 6.39. The molecule has 0 aliphatic heterocycles. The summed E-state index contributed by atoms with van der Waals surface area (Å²) in [5, 5.41) is 2.86. The largest absolute Gasteiger partial charge is 0.348 e. The second kappa shape index (κ2) is 5.73. The number of allylic oxidation sites excluding steroid dienone is 1. The Morgan fingerprint density at radius 3 is 2.50 bits per heavy atom. The lowest BCUT2D eigenvalue weighted by atomic mass is 9.70. The van der Waals surface area contributed by atoms with Crippen molar-refractivity contribution in [3.8, 4) is 0 Å². The van der Waals surface area contributed by atoms with E-state index in [1.807, 2.05) is 30.3 Å². The maximum atomic E-state index is 13.2. The Balaban J connectivity index is 2.11. The topological polar surface area (TPSA) is 46.2 Å². The minimum atomic E-state index is -0.296. The molecule has 0 heterocycles. The zero-order valence-corrected chi connectivity index (χ0v) is 14.7. The first-order valence-corrected chi connectivity index (χ1v) is 8.56. The van der Waals surface area contributed by atoms with Crippen molar-refractivity contribution >= 4 is 17.3 Å². The molecule has 0 spiro atoms. The van der Waals surface area contributed by atoms with Crippen molar-refractivity contribution in [1.29, 1.82) is 0 Å². The van der Waals surface area contributed by atoms with E-state index in [1.54, 1.807) is 0 Å². The summed E-state index contributed by atoms with van der Waals surface area (Å²) >= 11 is 0. The Hall–Kier alpha value is -2.16. The van der Waals surface area contributed by atoms with E-state index in [4.69, 9.17) is 0 Å². The maximum absolute atomic E-state index is 13.2. The highest BCUT2D eigenvalue weighted by atomic mass is 16.1. The van der Waals surface area contributed by atoms with E-state index in [0.717, 1.165) is 29.6 Å². The number of nitrogens with one attached hydrogen (secondary N) is 1. The number of benzene rings is 1. The van der Waals surface area contributed by atoms with E-state index >= 15 is 0 Å². The number of hydrogen-bond acceptors (Lipinski definition) is 2. The molecule has 3 heteroatoms. The number of ketones is 1. The molecular formula is C21H25NO2. The van der Waals surface area contributed by atoms with Gasteiger partial charge in [-0.25, -0.2) is 0 Å². The lowest BCUT2D eigenvalue weighted by molar-refractivity contribution is -0.125. The average Bonchev–Trinajstić information content (AvgIpc) is 2.89. The second-order valence-electron chi connectivity index (χ2n) is 7.65. The molecule has 126 valence electrons. The minimum absolute atomic E-state index is 0.0398. The first kappa shape index (κ1) is 16.7. The van der Waals surface area contributed by atoms with Crippen molar-refractivity contribution in [2.75, 3.05) is 6.54 Å². The van der Waals surface area contributed by atoms with Crippen molar-refractivity contribution in [2.45, 2.75) is 33.6 Å². The van der Waals surface area contributed by atoms with E-state index in [9.17, 15) is 9.59 Å². The first-order valence-electron chi connectivity index (χ1n) is 8.56. The van der Waals surface area contributed by atoms with Gasteiger partial charge in [0.15, 0.2) is 5.78 Å². The van der Waals surface area contributed by atoms with Gasteiger partial charge in [-0.15, -0.1) is 0 Å². The molecule has 1 aromatic carbocycles. The van der Waals surface area contributed by atoms with Crippen LogP contribution >= 0.6 is 0 Å². The van der Waals surface area contributed by atoms with Crippen molar-refractivity contribution in [1.82, 2.24) is 5.32 Å². The van der Waals surface area contributed by atoms with Gasteiger partial charge in [0.25, 0.3) is 0 Å². The van der Waals surface area contributed by atoms with E-state index in [2.05, 4.69) is 32.7 Å². The monoisotopic (exact) mass is 323 g/mol. The molecule has 1 N–H and O–H groups in total. The molecule has 0 saturated heterocycles. The number of carbonyl (C=O) groups is 2. The molecule has 3 nitrogen and oxygen atoms in total. The van der Waals surface area contributed by atoms with Gasteiger partial charge in [0.05, 0.1) is 0 Å². The van der Waals surface area contributed by atoms with Crippen LogP contribution in [0, 0.1) is 16.7 Å². The number of fused-ring (bicyclic) bond motifs is 2. The molecule has 0 radical (unpaired) electrons. The summed E-state index contributed by atoms with van der Waals surface area (Å²) in [5.41, 5.74) is 2.55. The van der Waals surface area contributed by atoms with Gasteiger partial charge < -0.3 is 5.32 Å². The van der Waals surface area contributed by atoms with Crippen LogP contribution in [-0.2, 0) is 9.59 Å². The zero-order chi connectivity index (χ0) is 17.5. The fraction of sp³-hybridized carbons (Fsp3) is 0.429. The van der Waals surface area contributed by atoms with Crippen LogP contribution in [0.1, 0.15) is 39.2 Å². The summed E-state index contributed by atoms with van der Waals surface area (Å²) in [6.45, 7) is 10.4. The Morgan fingerprint density at radius 1 is 1.29 bits per heavy atom. The van der Waals surface area contributed by atoms with Crippen molar-refractivity contribution in [2.24, 2.45) is 16.7 Å². The molecule has 1 amide bonds. The quantitative estimate of drug-likeness (QED) is 0.857. The van der Waals surface area contributed by atoms with Gasteiger partial charge in [-0.05, 0) is 41.4 Å². The minimum Gasteiger partial charge on any atom is -0.348 e. The van der Waals surface area contributed by atoms with E-state index in [-0.39, 0.29) is 28.4 Å². The van der Waals surface area contributed by atoms with E-state index in [0.29, 0.717) is 6.54 Å². The molecule has 2 saturated carbocycles. The summed E-state index contributed by atoms with van der Waals surface area (Å²) in [5.74, 6) is 0.298. The molecule has 2 fully saturated rings. The standard InChI is InChI=1S/C21H25NO2/c1-5-17(23)22-13-15(14-9-7-6-8-10-14)18-16-11-12-21(4,19(18)24)20(16,2)3/h5-10,16H,1,11-13H2,2-4H3,(H,22,23). The van der Waals surface area contributed by atoms with Crippen LogP contribution in [0.4, 0.5) is 0 Å². The van der Waals surface area contributed by atoms with E-state index < -0.39 is 0 Å². The van der Waals surface area contributed by atoms with Crippen LogP contribution in [0.3, 0.4) is 0 Å². The van der Waals surface area contributed by atoms with Crippen LogP contribution in [0.5, 0.6) is 0 Å². The predicted octanol–water partition coefficient (Wildman–Crippen LogP) is 3.77. The number of carbonyl (C=O) groups excluding carboxylic acids is 2. The Bertz CT molecular complexity index is 729. The van der Waals surface area contributed by atoms with Gasteiger partial charge in [0, 0.05) is 17.5 Å². The average molecular weight is 323 g/mol. The van der Waals surface area contributed by atoms with Crippen LogP contribution < -0.4 is 5.32 Å². The summed E-state index contributed by atoms with van der Waals surface area (Å²) in [4.78, 5) is 24.9. The van der Waals surface area contributed by atoms with Crippen LogP contribution in [0.2, 0.25) is 0 Å². The zero-order valence-electron chi connectivity index (χ0n) is 14.7. The first-order chi connectivity index (χ1) is 11.3. The van der Waals surface area contributed by atoms with E-state index in [1.165, 1.54) is 6.08 Å². The van der Waals surface area contributed by atoms with Gasteiger partial charge in [-0.3, -0.25) is 9.59 Å². The smallest absolute Gasteiger partial charge is 0.243 e. The Kier molecular flexibility index (Phi) is 3.98.